The third-order valence-electron chi connectivity index (χ3n) is 6.34. The van der Waals surface area contributed by atoms with Gasteiger partial charge in [-0.1, -0.05) is 0 Å². The molecule has 3 aliphatic rings. The number of nitrogens with one attached hydrogen (secondary N) is 2. The molecule has 4 heterocycles. The quantitative estimate of drug-likeness (QED) is 0.480. The first-order chi connectivity index (χ1) is 15.9. The van der Waals surface area contributed by atoms with Gasteiger partial charge in [-0.3, -0.25) is 9.80 Å². The Balaban J connectivity index is 1.27. The minimum Gasteiger partial charge on any atom is -0.379 e. The normalized spacial score (nSPS) is 20.9. The molecule has 0 aromatic carbocycles. The largest absolute Gasteiger partial charge is 0.379 e. The monoisotopic (exact) mass is 448 g/mol. The fraction of sp³-hybridized carbons (Fsp3) is 0.864. The molecule has 10 heteroatoms. The highest BCUT2D eigenvalue weighted by molar-refractivity contribution is 5.44. The Morgan fingerprint density at radius 3 is 1.62 bits per heavy atom. The van der Waals surface area contributed by atoms with Crippen LogP contribution in [0.15, 0.2) is 0 Å². The van der Waals surface area contributed by atoms with Crippen LogP contribution in [0.3, 0.4) is 0 Å². The Kier molecular flexibility index (Phi) is 9.57. The van der Waals surface area contributed by atoms with Crippen LogP contribution >= 0.6 is 0 Å². The van der Waals surface area contributed by atoms with Gasteiger partial charge in [-0.05, 0) is 45.2 Å². The van der Waals surface area contributed by atoms with Gasteiger partial charge in [-0.2, -0.15) is 15.0 Å². The number of rotatable bonds is 11. The van der Waals surface area contributed by atoms with Gasteiger partial charge in [-0.25, -0.2) is 0 Å². The maximum absolute atomic E-state index is 5.43. The van der Waals surface area contributed by atoms with E-state index in [1.165, 1.54) is 19.3 Å². The maximum Gasteiger partial charge on any atom is 0.231 e. The third-order valence-corrected chi connectivity index (χ3v) is 6.34. The van der Waals surface area contributed by atoms with Crippen molar-refractivity contribution in [3.8, 4) is 0 Å². The van der Waals surface area contributed by atoms with E-state index in [-0.39, 0.29) is 0 Å². The Hall–Kier alpha value is -1.75. The molecule has 3 aliphatic heterocycles. The summed E-state index contributed by atoms with van der Waals surface area (Å²) < 4.78 is 10.9. The Labute approximate surface area is 192 Å². The van der Waals surface area contributed by atoms with Crippen LogP contribution in [-0.4, -0.2) is 117 Å². The SMILES string of the molecule is C1CCN(c2nc(NCCCN3CCOCC3)nc(NCCCN3CCOCC3)n2)CC1. The van der Waals surface area contributed by atoms with Gasteiger partial charge >= 0.3 is 0 Å². The van der Waals surface area contributed by atoms with Crippen molar-refractivity contribution in [1.82, 2.24) is 24.8 Å². The van der Waals surface area contributed by atoms with Crippen LogP contribution in [0.5, 0.6) is 0 Å². The Morgan fingerprint density at radius 2 is 1.12 bits per heavy atom. The molecule has 0 amide bonds. The first kappa shape index (κ1) is 23.4. The number of morpholine rings is 2. The zero-order chi connectivity index (χ0) is 21.8. The predicted octanol–water partition coefficient (Wildman–Crippen LogP) is 1.13. The minimum absolute atomic E-state index is 0.679. The van der Waals surface area contributed by atoms with Crippen LogP contribution in [0.1, 0.15) is 32.1 Å². The van der Waals surface area contributed by atoms with Crippen molar-refractivity contribution in [3.05, 3.63) is 0 Å². The van der Waals surface area contributed by atoms with E-state index in [4.69, 9.17) is 19.4 Å². The lowest BCUT2D eigenvalue weighted by molar-refractivity contribution is 0.0378. The molecule has 0 saturated carbocycles. The smallest absolute Gasteiger partial charge is 0.231 e. The molecular weight excluding hydrogens is 408 g/mol. The number of nitrogens with zero attached hydrogens (tertiary/aromatic N) is 6. The maximum atomic E-state index is 5.43. The van der Waals surface area contributed by atoms with E-state index in [1.54, 1.807) is 0 Å². The van der Waals surface area contributed by atoms with Gasteiger partial charge in [0.25, 0.3) is 0 Å². The highest BCUT2D eigenvalue weighted by Crippen LogP contribution is 2.18. The van der Waals surface area contributed by atoms with Crippen molar-refractivity contribution >= 4 is 17.8 Å². The summed E-state index contributed by atoms with van der Waals surface area (Å²) in [5.74, 6) is 2.16. The molecule has 4 rings (SSSR count). The first-order valence-electron chi connectivity index (χ1n) is 12.5. The van der Waals surface area contributed by atoms with Crippen molar-refractivity contribution < 1.29 is 9.47 Å². The van der Waals surface area contributed by atoms with Gasteiger partial charge in [0.1, 0.15) is 0 Å². The van der Waals surface area contributed by atoms with Gasteiger partial charge in [0.2, 0.25) is 17.8 Å². The van der Waals surface area contributed by atoms with E-state index in [0.29, 0.717) is 11.9 Å². The molecule has 0 aliphatic carbocycles. The van der Waals surface area contributed by atoms with Crippen molar-refractivity contribution in [2.24, 2.45) is 0 Å². The molecule has 0 radical (unpaired) electrons. The molecule has 3 fully saturated rings. The molecule has 0 unspecified atom stereocenters. The minimum atomic E-state index is 0.679. The molecule has 1 aromatic rings. The molecular formula is C22H40N8O2. The lowest BCUT2D eigenvalue weighted by Crippen LogP contribution is -2.37. The second kappa shape index (κ2) is 13.1. The van der Waals surface area contributed by atoms with Crippen LogP contribution in [0.4, 0.5) is 17.8 Å². The van der Waals surface area contributed by atoms with Crippen LogP contribution in [0.2, 0.25) is 0 Å². The van der Waals surface area contributed by atoms with Crippen molar-refractivity contribution in [1.29, 1.82) is 0 Å². The summed E-state index contributed by atoms with van der Waals surface area (Å²) in [6, 6.07) is 0. The van der Waals surface area contributed by atoms with Crippen molar-refractivity contribution in [2.75, 3.05) is 107 Å². The Bertz CT molecular complexity index is 617. The summed E-state index contributed by atoms with van der Waals surface area (Å²) in [5, 5.41) is 6.87. The molecule has 0 bridgehead atoms. The summed E-state index contributed by atoms with van der Waals surface area (Å²) in [5.41, 5.74) is 0. The molecule has 180 valence electrons. The van der Waals surface area contributed by atoms with E-state index in [0.717, 1.165) is 111 Å². The fourth-order valence-electron chi connectivity index (χ4n) is 4.41. The van der Waals surface area contributed by atoms with Crippen LogP contribution in [-0.2, 0) is 9.47 Å². The second-order valence-electron chi connectivity index (χ2n) is 8.80. The number of ether oxygens (including phenoxy) is 2. The summed E-state index contributed by atoms with van der Waals surface area (Å²) in [6.07, 6.45) is 5.83. The summed E-state index contributed by atoms with van der Waals surface area (Å²) in [7, 11) is 0. The van der Waals surface area contributed by atoms with Crippen molar-refractivity contribution in [2.45, 2.75) is 32.1 Å². The van der Waals surface area contributed by atoms with E-state index in [9.17, 15) is 0 Å². The summed E-state index contributed by atoms with van der Waals surface area (Å²) in [6.45, 7) is 13.4. The second-order valence-corrected chi connectivity index (χ2v) is 8.80. The zero-order valence-electron chi connectivity index (χ0n) is 19.4. The number of hydrogen-bond acceptors (Lipinski definition) is 10. The topological polar surface area (TPSA) is 90.9 Å². The van der Waals surface area contributed by atoms with Gasteiger partial charge < -0.3 is 25.0 Å². The molecule has 3 saturated heterocycles. The number of piperidine rings is 1. The van der Waals surface area contributed by atoms with Crippen LogP contribution in [0.25, 0.3) is 0 Å². The average molecular weight is 449 g/mol. The van der Waals surface area contributed by atoms with E-state index in [2.05, 4.69) is 30.3 Å². The zero-order valence-corrected chi connectivity index (χ0v) is 19.4. The first-order valence-corrected chi connectivity index (χ1v) is 12.5. The van der Waals surface area contributed by atoms with Crippen LogP contribution < -0.4 is 15.5 Å². The van der Waals surface area contributed by atoms with Crippen molar-refractivity contribution in [3.63, 3.8) is 0 Å². The number of hydrogen-bond donors (Lipinski definition) is 2. The van der Waals surface area contributed by atoms with E-state index < -0.39 is 0 Å². The average Bonchev–Trinajstić information content (AvgIpc) is 2.86. The van der Waals surface area contributed by atoms with E-state index in [1.807, 2.05) is 0 Å². The van der Waals surface area contributed by atoms with Gasteiger partial charge in [0, 0.05) is 52.4 Å². The molecule has 32 heavy (non-hydrogen) atoms. The number of anilines is 3. The molecule has 10 nitrogen and oxygen atoms in total. The third kappa shape index (κ3) is 7.68. The highest BCUT2D eigenvalue weighted by atomic mass is 16.5. The lowest BCUT2D eigenvalue weighted by Gasteiger charge is -2.27. The molecule has 1 aromatic heterocycles. The number of aromatic nitrogens is 3. The molecule has 2 N–H and O–H groups in total. The summed E-state index contributed by atoms with van der Waals surface area (Å²) in [4.78, 5) is 21.3. The molecule has 0 spiro atoms. The molecule has 0 atom stereocenters. The van der Waals surface area contributed by atoms with Gasteiger partial charge in [-0.15, -0.1) is 0 Å². The van der Waals surface area contributed by atoms with Gasteiger partial charge in [0.15, 0.2) is 0 Å². The van der Waals surface area contributed by atoms with E-state index >= 15 is 0 Å². The van der Waals surface area contributed by atoms with Gasteiger partial charge in [0.05, 0.1) is 26.4 Å². The Morgan fingerprint density at radius 1 is 0.625 bits per heavy atom. The highest BCUT2D eigenvalue weighted by Gasteiger charge is 2.17. The standard InChI is InChI=1S/C22H40N8O2/c1-2-10-30(11-3-1)22-26-20(23-6-4-8-28-12-16-31-17-13-28)25-21(27-22)24-7-5-9-29-14-18-32-19-15-29/h1-19H2,(H2,23,24,25,26,27). The fourth-order valence-corrected chi connectivity index (χ4v) is 4.41. The predicted molar refractivity (Wildman–Crippen MR) is 127 cm³/mol. The lowest BCUT2D eigenvalue weighted by atomic mass is 10.1. The van der Waals surface area contributed by atoms with Crippen LogP contribution in [0, 0.1) is 0 Å². The summed E-state index contributed by atoms with van der Waals surface area (Å²) >= 11 is 0.